The Kier molecular flexibility index (Phi) is 4.32. The van der Waals surface area contributed by atoms with Crippen molar-refractivity contribution in [2.24, 2.45) is 11.7 Å². The van der Waals surface area contributed by atoms with E-state index < -0.39 is 0 Å². The molecule has 2 N–H and O–H groups in total. The summed E-state index contributed by atoms with van der Waals surface area (Å²) in [4.78, 5) is 11.6. The smallest absolute Gasteiger partial charge is 0.150 e. The molecule has 1 aromatic carbocycles. The van der Waals surface area contributed by atoms with Gasteiger partial charge in [-0.1, -0.05) is 26.0 Å². The Balaban J connectivity index is 2.43. The number of benzene rings is 1. The highest BCUT2D eigenvalue weighted by atomic mass is 15.2. The Labute approximate surface area is 114 Å². The van der Waals surface area contributed by atoms with Gasteiger partial charge in [-0.15, -0.1) is 0 Å². The Morgan fingerprint density at radius 2 is 1.79 bits per heavy atom. The number of para-hydroxylation sites is 2. The molecule has 2 aromatic rings. The second-order valence-corrected chi connectivity index (χ2v) is 5.25. The van der Waals surface area contributed by atoms with E-state index in [0.717, 1.165) is 35.6 Å². The molecule has 0 aliphatic heterocycles. The molecule has 19 heavy (non-hydrogen) atoms. The summed E-state index contributed by atoms with van der Waals surface area (Å²) in [6.07, 6.45) is 0. The molecule has 4 nitrogen and oxygen atoms in total. The SMILES string of the molecule is Cc1nc2ccccc2nc1N(CCN)CC(C)C. The first-order chi connectivity index (χ1) is 9.11. The number of aryl methyl sites for hydroxylation is 1. The summed E-state index contributed by atoms with van der Waals surface area (Å²) in [5.74, 6) is 1.53. The summed E-state index contributed by atoms with van der Waals surface area (Å²) in [6.45, 7) is 8.80. The Bertz CT molecular complexity index is 551. The highest BCUT2D eigenvalue weighted by Crippen LogP contribution is 2.20. The van der Waals surface area contributed by atoms with Crippen molar-refractivity contribution < 1.29 is 0 Å². The van der Waals surface area contributed by atoms with Crippen LogP contribution >= 0.6 is 0 Å². The van der Waals surface area contributed by atoms with E-state index in [0.29, 0.717) is 12.5 Å². The molecular weight excluding hydrogens is 236 g/mol. The van der Waals surface area contributed by atoms with Gasteiger partial charge in [0, 0.05) is 19.6 Å². The van der Waals surface area contributed by atoms with Crippen molar-refractivity contribution in [3.05, 3.63) is 30.0 Å². The number of fused-ring (bicyclic) bond motifs is 1. The quantitative estimate of drug-likeness (QED) is 0.894. The van der Waals surface area contributed by atoms with Gasteiger partial charge in [0.1, 0.15) is 0 Å². The zero-order valence-electron chi connectivity index (χ0n) is 11.9. The van der Waals surface area contributed by atoms with Gasteiger partial charge >= 0.3 is 0 Å². The number of nitrogens with two attached hydrogens (primary N) is 1. The first-order valence-corrected chi connectivity index (χ1v) is 6.80. The van der Waals surface area contributed by atoms with E-state index in [2.05, 4.69) is 23.7 Å². The molecule has 0 atom stereocenters. The molecular formula is C15H22N4. The first kappa shape index (κ1) is 13.7. The summed E-state index contributed by atoms with van der Waals surface area (Å²) in [5.41, 5.74) is 8.57. The Hall–Kier alpha value is -1.68. The number of anilines is 1. The third-order valence-electron chi connectivity index (χ3n) is 3.00. The lowest BCUT2D eigenvalue weighted by Crippen LogP contribution is -2.34. The molecule has 1 aromatic heterocycles. The number of nitrogens with zero attached hydrogens (tertiary/aromatic N) is 3. The molecule has 4 heteroatoms. The average molecular weight is 258 g/mol. The predicted octanol–water partition coefficient (Wildman–Crippen LogP) is 2.36. The summed E-state index contributed by atoms with van der Waals surface area (Å²) in [5, 5.41) is 0. The molecule has 0 aliphatic rings. The lowest BCUT2D eigenvalue weighted by molar-refractivity contribution is 0.606. The van der Waals surface area contributed by atoms with Crippen LogP contribution < -0.4 is 10.6 Å². The summed E-state index contributed by atoms with van der Waals surface area (Å²) in [6, 6.07) is 7.98. The molecule has 2 rings (SSSR count). The molecule has 0 spiro atoms. The third-order valence-corrected chi connectivity index (χ3v) is 3.00. The highest BCUT2D eigenvalue weighted by Gasteiger charge is 2.13. The van der Waals surface area contributed by atoms with Gasteiger partial charge in [0.25, 0.3) is 0 Å². The van der Waals surface area contributed by atoms with Crippen molar-refractivity contribution in [1.82, 2.24) is 9.97 Å². The van der Waals surface area contributed by atoms with Gasteiger partial charge < -0.3 is 10.6 Å². The zero-order chi connectivity index (χ0) is 13.8. The fourth-order valence-corrected chi connectivity index (χ4v) is 2.26. The van der Waals surface area contributed by atoms with Gasteiger partial charge in [-0.05, 0) is 25.0 Å². The summed E-state index contributed by atoms with van der Waals surface area (Å²) >= 11 is 0. The molecule has 0 radical (unpaired) electrons. The van der Waals surface area contributed by atoms with Crippen LogP contribution in [0.5, 0.6) is 0 Å². The summed E-state index contributed by atoms with van der Waals surface area (Å²) in [7, 11) is 0. The number of rotatable bonds is 5. The van der Waals surface area contributed by atoms with Crippen LogP contribution in [0.25, 0.3) is 11.0 Å². The van der Waals surface area contributed by atoms with Crippen LogP contribution in [0.2, 0.25) is 0 Å². The van der Waals surface area contributed by atoms with Crippen LogP contribution in [-0.2, 0) is 0 Å². The van der Waals surface area contributed by atoms with E-state index in [1.165, 1.54) is 0 Å². The topological polar surface area (TPSA) is 55.0 Å². The first-order valence-electron chi connectivity index (χ1n) is 6.80. The van der Waals surface area contributed by atoms with E-state index in [4.69, 9.17) is 10.7 Å². The molecule has 0 fully saturated rings. The van der Waals surface area contributed by atoms with Gasteiger partial charge in [-0.2, -0.15) is 0 Å². The van der Waals surface area contributed by atoms with Crippen LogP contribution in [0.1, 0.15) is 19.5 Å². The lowest BCUT2D eigenvalue weighted by Gasteiger charge is -2.26. The highest BCUT2D eigenvalue weighted by molar-refractivity contribution is 5.76. The molecule has 0 bridgehead atoms. The van der Waals surface area contributed by atoms with Gasteiger partial charge in [-0.25, -0.2) is 9.97 Å². The number of hydrogen-bond acceptors (Lipinski definition) is 4. The molecule has 102 valence electrons. The summed E-state index contributed by atoms with van der Waals surface area (Å²) < 4.78 is 0. The molecule has 0 saturated heterocycles. The predicted molar refractivity (Wildman–Crippen MR) is 80.4 cm³/mol. The van der Waals surface area contributed by atoms with Crippen molar-refractivity contribution in [1.29, 1.82) is 0 Å². The zero-order valence-corrected chi connectivity index (χ0v) is 11.9. The van der Waals surface area contributed by atoms with Crippen LogP contribution in [0.15, 0.2) is 24.3 Å². The molecule has 0 aliphatic carbocycles. The maximum atomic E-state index is 5.72. The second-order valence-electron chi connectivity index (χ2n) is 5.25. The monoisotopic (exact) mass is 258 g/mol. The van der Waals surface area contributed by atoms with Gasteiger partial charge in [0.15, 0.2) is 5.82 Å². The standard InChI is InChI=1S/C15H22N4/c1-11(2)10-19(9-8-16)15-12(3)17-13-6-4-5-7-14(13)18-15/h4-7,11H,8-10,16H2,1-3H3. The Morgan fingerprint density at radius 3 is 2.37 bits per heavy atom. The van der Waals surface area contributed by atoms with Gasteiger partial charge in [0.2, 0.25) is 0 Å². The van der Waals surface area contributed by atoms with Crippen molar-refractivity contribution >= 4 is 16.9 Å². The normalized spacial score (nSPS) is 11.2. The molecule has 0 unspecified atom stereocenters. The van der Waals surface area contributed by atoms with Gasteiger partial charge in [0.05, 0.1) is 16.7 Å². The van der Waals surface area contributed by atoms with Crippen LogP contribution in [0, 0.1) is 12.8 Å². The molecule has 1 heterocycles. The van der Waals surface area contributed by atoms with Crippen molar-refractivity contribution in [3.8, 4) is 0 Å². The fraction of sp³-hybridized carbons (Fsp3) is 0.467. The molecule has 0 amide bonds. The van der Waals surface area contributed by atoms with E-state index in [1.807, 2.05) is 31.2 Å². The third kappa shape index (κ3) is 3.20. The number of hydrogen-bond donors (Lipinski definition) is 1. The largest absolute Gasteiger partial charge is 0.354 e. The van der Waals surface area contributed by atoms with Crippen molar-refractivity contribution in [3.63, 3.8) is 0 Å². The van der Waals surface area contributed by atoms with Crippen LogP contribution in [0.3, 0.4) is 0 Å². The second kappa shape index (κ2) is 5.97. The minimum Gasteiger partial charge on any atom is -0.354 e. The maximum Gasteiger partial charge on any atom is 0.150 e. The number of aromatic nitrogens is 2. The van der Waals surface area contributed by atoms with E-state index in [-0.39, 0.29) is 0 Å². The molecule has 0 saturated carbocycles. The van der Waals surface area contributed by atoms with Crippen LogP contribution in [0.4, 0.5) is 5.82 Å². The Morgan fingerprint density at radius 1 is 1.16 bits per heavy atom. The van der Waals surface area contributed by atoms with Gasteiger partial charge in [-0.3, -0.25) is 0 Å². The minimum absolute atomic E-state index is 0.569. The van der Waals surface area contributed by atoms with Crippen molar-refractivity contribution in [2.45, 2.75) is 20.8 Å². The van der Waals surface area contributed by atoms with Crippen LogP contribution in [-0.4, -0.2) is 29.6 Å². The maximum absolute atomic E-state index is 5.72. The lowest BCUT2D eigenvalue weighted by atomic mass is 10.2. The fourth-order valence-electron chi connectivity index (χ4n) is 2.26. The van der Waals surface area contributed by atoms with Crippen molar-refractivity contribution in [2.75, 3.05) is 24.5 Å². The van der Waals surface area contributed by atoms with E-state index in [1.54, 1.807) is 0 Å². The average Bonchev–Trinajstić information content (AvgIpc) is 2.37. The van der Waals surface area contributed by atoms with E-state index in [9.17, 15) is 0 Å². The van der Waals surface area contributed by atoms with E-state index >= 15 is 0 Å². The minimum atomic E-state index is 0.569.